The number of aryl methyl sites for hydroxylation is 2. The highest BCUT2D eigenvalue weighted by Gasteiger charge is 2.24. The van der Waals surface area contributed by atoms with Crippen molar-refractivity contribution >= 4 is 0 Å². The van der Waals surface area contributed by atoms with Crippen molar-refractivity contribution in [2.45, 2.75) is 58.5 Å². The van der Waals surface area contributed by atoms with E-state index >= 15 is 0 Å². The molecule has 1 aliphatic rings. The lowest BCUT2D eigenvalue weighted by molar-refractivity contribution is 0.180. The molecule has 1 aromatic rings. The Morgan fingerprint density at radius 2 is 2.06 bits per heavy atom. The number of hydrogen-bond donors (Lipinski definition) is 0. The second kappa shape index (κ2) is 5.68. The van der Waals surface area contributed by atoms with Gasteiger partial charge in [0.2, 0.25) is 5.82 Å². The first kappa shape index (κ1) is 13.3. The Hall–Kier alpha value is -1.12. The molecule has 0 saturated heterocycles. The van der Waals surface area contributed by atoms with Crippen LogP contribution in [0.4, 0.5) is 8.78 Å². The molecule has 1 atom stereocenters. The van der Waals surface area contributed by atoms with E-state index in [9.17, 15) is 8.78 Å². The van der Waals surface area contributed by atoms with Crippen LogP contribution in [0.5, 0.6) is 5.75 Å². The molecule has 0 radical (unpaired) electrons. The summed E-state index contributed by atoms with van der Waals surface area (Å²) in [6, 6.07) is 1.79. The lowest BCUT2D eigenvalue weighted by Crippen LogP contribution is -2.21. The van der Waals surface area contributed by atoms with Gasteiger partial charge >= 0.3 is 0 Å². The third kappa shape index (κ3) is 2.65. The largest absolute Gasteiger partial charge is 0.487 e. The first-order valence-electron chi connectivity index (χ1n) is 6.79. The topological polar surface area (TPSA) is 9.23 Å². The summed E-state index contributed by atoms with van der Waals surface area (Å²) < 4.78 is 33.2. The molecular weight excluding hydrogens is 234 g/mol. The van der Waals surface area contributed by atoms with Gasteiger partial charge in [-0.1, -0.05) is 19.8 Å². The second-order valence-electron chi connectivity index (χ2n) is 5.08. The van der Waals surface area contributed by atoms with E-state index in [-0.39, 0.29) is 11.9 Å². The number of halogens is 2. The average molecular weight is 254 g/mol. The van der Waals surface area contributed by atoms with Gasteiger partial charge in [-0.25, -0.2) is 4.39 Å². The van der Waals surface area contributed by atoms with E-state index in [0.717, 1.165) is 37.7 Å². The molecule has 0 aromatic heterocycles. The minimum absolute atomic E-state index is 0.0302. The summed E-state index contributed by atoms with van der Waals surface area (Å²) in [5, 5.41) is 0. The number of ether oxygens (including phenoxy) is 1. The molecule has 0 aliphatic carbocycles. The van der Waals surface area contributed by atoms with Gasteiger partial charge in [-0.15, -0.1) is 0 Å². The molecule has 0 fully saturated rings. The monoisotopic (exact) mass is 254 g/mol. The van der Waals surface area contributed by atoms with Crippen molar-refractivity contribution in [1.29, 1.82) is 0 Å². The zero-order valence-electron chi connectivity index (χ0n) is 11.1. The number of fused-ring (bicyclic) bond motifs is 1. The molecule has 3 heteroatoms. The number of rotatable bonds is 4. The van der Waals surface area contributed by atoms with Gasteiger partial charge in [0.05, 0.1) is 6.10 Å². The van der Waals surface area contributed by atoms with Gasteiger partial charge in [0.25, 0.3) is 0 Å². The molecule has 1 nitrogen and oxygen atoms in total. The third-order valence-electron chi connectivity index (χ3n) is 3.50. The van der Waals surface area contributed by atoms with Crippen LogP contribution in [0.2, 0.25) is 0 Å². The van der Waals surface area contributed by atoms with Crippen LogP contribution in [0.25, 0.3) is 0 Å². The summed E-state index contributed by atoms with van der Waals surface area (Å²) in [5.74, 6) is -1.39. The van der Waals surface area contributed by atoms with Gasteiger partial charge < -0.3 is 4.74 Å². The van der Waals surface area contributed by atoms with Gasteiger partial charge in [-0.05, 0) is 49.8 Å². The number of hydrogen-bond acceptors (Lipinski definition) is 1. The fourth-order valence-electron chi connectivity index (χ4n) is 2.40. The first-order valence-corrected chi connectivity index (χ1v) is 6.79. The van der Waals surface area contributed by atoms with Crippen LogP contribution in [0.15, 0.2) is 6.07 Å². The van der Waals surface area contributed by atoms with Crippen molar-refractivity contribution in [3.63, 3.8) is 0 Å². The molecule has 18 heavy (non-hydrogen) atoms. The summed E-state index contributed by atoms with van der Waals surface area (Å²) in [4.78, 5) is 0. The Morgan fingerprint density at radius 3 is 2.78 bits per heavy atom. The lowest BCUT2D eigenvalue weighted by Gasteiger charge is -2.24. The van der Waals surface area contributed by atoms with E-state index in [4.69, 9.17) is 4.74 Å². The Labute approximate surface area is 107 Å². The van der Waals surface area contributed by atoms with Crippen LogP contribution < -0.4 is 4.74 Å². The minimum atomic E-state index is -0.800. The van der Waals surface area contributed by atoms with Crippen LogP contribution in [0.1, 0.15) is 50.7 Å². The van der Waals surface area contributed by atoms with Crippen LogP contribution in [-0.4, -0.2) is 6.10 Å². The Morgan fingerprint density at radius 1 is 1.28 bits per heavy atom. The van der Waals surface area contributed by atoms with E-state index < -0.39 is 11.6 Å². The zero-order valence-corrected chi connectivity index (χ0v) is 11.1. The molecule has 1 aliphatic heterocycles. The lowest BCUT2D eigenvalue weighted by atomic mass is 9.97. The van der Waals surface area contributed by atoms with Crippen molar-refractivity contribution in [3.8, 4) is 5.75 Å². The van der Waals surface area contributed by atoms with Crippen molar-refractivity contribution < 1.29 is 13.5 Å². The minimum Gasteiger partial charge on any atom is -0.487 e. The summed E-state index contributed by atoms with van der Waals surface area (Å²) in [7, 11) is 0. The highest BCUT2D eigenvalue weighted by molar-refractivity contribution is 5.41. The molecule has 100 valence electrons. The molecule has 0 amide bonds. The molecule has 2 rings (SSSR count). The van der Waals surface area contributed by atoms with Gasteiger partial charge in [-0.2, -0.15) is 4.39 Å². The molecule has 1 unspecified atom stereocenters. The van der Waals surface area contributed by atoms with E-state index in [1.165, 1.54) is 0 Å². The maximum Gasteiger partial charge on any atom is 0.201 e. The van der Waals surface area contributed by atoms with Crippen molar-refractivity contribution in [2.24, 2.45) is 0 Å². The predicted octanol–water partition coefficient (Wildman–Crippen LogP) is 4.41. The molecule has 1 heterocycles. The normalized spacial score (nSPS) is 18.3. The highest BCUT2D eigenvalue weighted by Crippen LogP contribution is 2.34. The van der Waals surface area contributed by atoms with Crippen molar-refractivity contribution in [3.05, 3.63) is 28.8 Å². The number of benzene rings is 1. The first-order chi connectivity index (χ1) is 8.63. The van der Waals surface area contributed by atoms with E-state index in [2.05, 4.69) is 6.92 Å². The Balaban J connectivity index is 2.25. The summed E-state index contributed by atoms with van der Waals surface area (Å²) in [6.07, 6.45) is 5.25. The quantitative estimate of drug-likeness (QED) is 0.723. The van der Waals surface area contributed by atoms with E-state index in [1.54, 1.807) is 6.07 Å². The van der Waals surface area contributed by atoms with E-state index in [1.807, 2.05) is 6.92 Å². The molecule has 0 bridgehead atoms. The Kier molecular flexibility index (Phi) is 4.20. The highest BCUT2D eigenvalue weighted by atomic mass is 19.2. The maximum absolute atomic E-state index is 13.9. The fraction of sp³-hybridized carbons (Fsp3) is 0.600. The summed E-state index contributed by atoms with van der Waals surface area (Å²) in [6.45, 7) is 3.98. The molecule has 0 spiro atoms. The second-order valence-corrected chi connectivity index (χ2v) is 5.08. The van der Waals surface area contributed by atoms with Crippen molar-refractivity contribution in [2.75, 3.05) is 0 Å². The van der Waals surface area contributed by atoms with E-state index in [0.29, 0.717) is 12.0 Å². The fourth-order valence-corrected chi connectivity index (χ4v) is 2.40. The van der Waals surface area contributed by atoms with Gasteiger partial charge in [0.15, 0.2) is 11.6 Å². The molecular formula is C15H20F2O. The van der Waals surface area contributed by atoms with Crippen LogP contribution in [0.3, 0.4) is 0 Å². The smallest absolute Gasteiger partial charge is 0.201 e. The van der Waals surface area contributed by atoms with Gasteiger partial charge in [0.1, 0.15) is 0 Å². The predicted molar refractivity (Wildman–Crippen MR) is 68.0 cm³/mol. The SMILES string of the molecule is CCCCCc1cc2c(c(F)c1F)OC(C)CC2. The Bertz CT molecular complexity index is 429. The maximum atomic E-state index is 13.9. The molecule has 0 saturated carbocycles. The summed E-state index contributed by atoms with van der Waals surface area (Å²) in [5.41, 5.74) is 1.32. The molecule has 0 N–H and O–H groups in total. The molecule has 1 aromatic carbocycles. The van der Waals surface area contributed by atoms with Gasteiger partial charge in [-0.3, -0.25) is 0 Å². The van der Waals surface area contributed by atoms with Crippen molar-refractivity contribution in [1.82, 2.24) is 0 Å². The van der Waals surface area contributed by atoms with Crippen LogP contribution >= 0.6 is 0 Å². The average Bonchev–Trinajstić information content (AvgIpc) is 2.36. The zero-order chi connectivity index (χ0) is 13.1. The van der Waals surface area contributed by atoms with Crippen LogP contribution in [-0.2, 0) is 12.8 Å². The van der Waals surface area contributed by atoms with Gasteiger partial charge in [0, 0.05) is 0 Å². The summed E-state index contributed by atoms with van der Waals surface area (Å²) >= 11 is 0. The third-order valence-corrected chi connectivity index (χ3v) is 3.50. The standard InChI is InChI=1S/C15H20F2O/c1-3-4-5-6-11-9-12-8-7-10(2)18-15(12)14(17)13(11)16/h9-10H,3-8H2,1-2H3. The number of unbranched alkanes of at least 4 members (excludes halogenated alkanes) is 2. The van der Waals surface area contributed by atoms with Crippen LogP contribution in [0, 0.1) is 11.6 Å².